The van der Waals surface area contributed by atoms with Crippen LogP contribution < -0.4 is 10.2 Å². The van der Waals surface area contributed by atoms with Crippen molar-refractivity contribution in [3.05, 3.63) is 103 Å². The number of hydrogen-bond donors (Lipinski definition) is 2. The van der Waals surface area contributed by atoms with E-state index in [-0.39, 0.29) is 5.91 Å². The first-order valence-electron chi connectivity index (χ1n) is 12.1. The smallest absolute Gasteiger partial charge is 0.250 e. The van der Waals surface area contributed by atoms with Crippen molar-refractivity contribution < 1.29 is 4.79 Å². The Labute approximate surface area is 223 Å². The van der Waals surface area contributed by atoms with Gasteiger partial charge in [0.15, 0.2) is 0 Å². The number of anilines is 3. The van der Waals surface area contributed by atoms with E-state index in [9.17, 15) is 4.79 Å². The molecular weight excluding hydrogens is 498 g/mol. The fourth-order valence-corrected chi connectivity index (χ4v) is 4.79. The molecule has 6 rings (SSSR count). The van der Waals surface area contributed by atoms with Gasteiger partial charge in [-0.25, -0.2) is 15.0 Å². The van der Waals surface area contributed by atoms with Gasteiger partial charge in [0.2, 0.25) is 5.91 Å². The Balaban J connectivity index is 1.54. The molecule has 0 aliphatic rings. The van der Waals surface area contributed by atoms with Crippen molar-refractivity contribution in [1.29, 1.82) is 0 Å². The second kappa shape index (κ2) is 10.3. The first-order chi connectivity index (χ1) is 18.7. The van der Waals surface area contributed by atoms with E-state index in [1.807, 2.05) is 36.5 Å². The van der Waals surface area contributed by atoms with E-state index in [0.29, 0.717) is 23.7 Å². The van der Waals surface area contributed by atoms with Crippen LogP contribution in [0, 0.1) is 0 Å². The zero-order valence-corrected chi connectivity index (χ0v) is 20.9. The molecular formula is C29H22ClN7O. The minimum atomic E-state index is -0.373. The number of fused-ring (bicyclic) bond motifs is 4. The number of halogens is 1. The molecule has 0 aliphatic heterocycles. The van der Waals surface area contributed by atoms with Crippen molar-refractivity contribution in [1.82, 2.24) is 25.1 Å². The lowest BCUT2D eigenvalue weighted by molar-refractivity contribution is -0.111. The third kappa shape index (κ3) is 4.53. The lowest BCUT2D eigenvalue weighted by atomic mass is 10.0. The van der Waals surface area contributed by atoms with Gasteiger partial charge in [0.25, 0.3) is 0 Å². The average molecular weight is 520 g/mol. The highest BCUT2D eigenvalue weighted by Crippen LogP contribution is 2.38. The maximum absolute atomic E-state index is 12.1. The third-order valence-electron chi connectivity index (χ3n) is 6.42. The van der Waals surface area contributed by atoms with Crippen LogP contribution in [0.15, 0.2) is 97.1 Å². The van der Waals surface area contributed by atoms with Gasteiger partial charge < -0.3 is 10.2 Å². The molecule has 3 aromatic heterocycles. The summed E-state index contributed by atoms with van der Waals surface area (Å²) in [6.07, 6.45) is 7.04. The van der Waals surface area contributed by atoms with Gasteiger partial charge in [0.1, 0.15) is 18.0 Å². The van der Waals surface area contributed by atoms with Crippen LogP contribution in [0.4, 0.5) is 17.3 Å². The second-order valence-corrected chi connectivity index (χ2v) is 8.98. The van der Waals surface area contributed by atoms with Crippen LogP contribution in [0.1, 0.15) is 5.56 Å². The SMILES string of the molecule is O=C(C=CCl)Nc1cc2c(N(CCc3ccccc3)c3cc4[nH]ncc4c4ccccc34)ncnc2cn1. The van der Waals surface area contributed by atoms with E-state index in [4.69, 9.17) is 16.6 Å². The van der Waals surface area contributed by atoms with Gasteiger partial charge >= 0.3 is 0 Å². The van der Waals surface area contributed by atoms with Crippen LogP contribution in [0.25, 0.3) is 32.6 Å². The molecule has 6 aromatic rings. The zero-order chi connectivity index (χ0) is 25.9. The molecule has 3 aromatic carbocycles. The number of nitrogens with zero attached hydrogens (tertiary/aromatic N) is 5. The number of benzene rings is 3. The summed E-state index contributed by atoms with van der Waals surface area (Å²) in [5.41, 5.74) is 4.96. The first kappa shape index (κ1) is 23.6. The fourth-order valence-electron chi connectivity index (χ4n) is 4.68. The van der Waals surface area contributed by atoms with E-state index in [1.165, 1.54) is 11.6 Å². The number of H-pyrrole nitrogens is 1. The topological polar surface area (TPSA) is 99.7 Å². The van der Waals surface area contributed by atoms with E-state index in [2.05, 4.69) is 60.7 Å². The Bertz CT molecular complexity index is 1800. The molecule has 0 unspecified atom stereocenters. The molecule has 0 aliphatic carbocycles. The van der Waals surface area contributed by atoms with E-state index in [0.717, 1.165) is 44.7 Å². The van der Waals surface area contributed by atoms with Crippen molar-refractivity contribution in [2.45, 2.75) is 6.42 Å². The fraction of sp³-hybridized carbons (Fsp3) is 0.0690. The highest BCUT2D eigenvalue weighted by atomic mass is 35.5. The summed E-state index contributed by atoms with van der Waals surface area (Å²) in [6, 6.07) is 22.5. The number of nitrogens with one attached hydrogen (secondary N) is 2. The number of carbonyl (C=O) groups excluding carboxylic acids is 1. The van der Waals surface area contributed by atoms with E-state index in [1.54, 1.807) is 18.6 Å². The molecule has 2 N–H and O–H groups in total. The molecule has 3 heterocycles. The molecule has 0 spiro atoms. The highest BCUT2D eigenvalue weighted by Gasteiger charge is 2.20. The number of hydrogen-bond acceptors (Lipinski definition) is 6. The van der Waals surface area contributed by atoms with Crippen molar-refractivity contribution in [2.24, 2.45) is 0 Å². The summed E-state index contributed by atoms with van der Waals surface area (Å²) in [6.45, 7) is 0.652. The Morgan fingerprint density at radius 3 is 2.58 bits per heavy atom. The summed E-state index contributed by atoms with van der Waals surface area (Å²) in [5, 5.41) is 14.2. The standard InChI is InChI=1S/C29H22ClN7O/c30-12-10-28(38)35-27-14-22-25(17-31-27)32-18-33-29(22)37(13-11-19-6-2-1-3-7-19)26-15-24-23(16-34-36-24)20-8-4-5-9-21(20)26/h1-10,12,14-18H,11,13H2,(H,34,36)(H,31,35,38). The van der Waals surface area contributed by atoms with Crippen LogP contribution in [0.5, 0.6) is 0 Å². The monoisotopic (exact) mass is 519 g/mol. The molecule has 0 atom stereocenters. The van der Waals surface area contributed by atoms with Gasteiger partial charge in [-0.15, -0.1) is 0 Å². The highest BCUT2D eigenvalue weighted by molar-refractivity contribution is 6.27. The predicted octanol–water partition coefficient (Wildman–Crippen LogP) is 6.13. The number of rotatable bonds is 7. The van der Waals surface area contributed by atoms with Gasteiger partial charge in [-0.2, -0.15) is 5.10 Å². The molecule has 0 radical (unpaired) electrons. The van der Waals surface area contributed by atoms with Crippen molar-refractivity contribution >= 4 is 67.4 Å². The average Bonchev–Trinajstić information content (AvgIpc) is 3.43. The van der Waals surface area contributed by atoms with Gasteiger partial charge in [-0.1, -0.05) is 66.2 Å². The number of pyridine rings is 1. The van der Waals surface area contributed by atoms with E-state index < -0.39 is 0 Å². The molecule has 9 heteroatoms. The summed E-state index contributed by atoms with van der Waals surface area (Å²) in [5.74, 6) is 0.716. The molecule has 0 bridgehead atoms. The van der Waals surface area contributed by atoms with Gasteiger partial charge in [-0.05, 0) is 29.5 Å². The maximum Gasteiger partial charge on any atom is 0.250 e. The normalized spacial score (nSPS) is 11.5. The Kier molecular flexibility index (Phi) is 6.37. The molecule has 8 nitrogen and oxygen atoms in total. The summed E-state index contributed by atoms with van der Waals surface area (Å²) in [4.78, 5) is 27.8. The number of aromatic amines is 1. The minimum absolute atomic E-state index is 0.373. The Morgan fingerprint density at radius 1 is 0.921 bits per heavy atom. The van der Waals surface area contributed by atoms with Crippen molar-refractivity contribution in [3.63, 3.8) is 0 Å². The lowest BCUT2D eigenvalue weighted by Gasteiger charge is -2.27. The second-order valence-electron chi connectivity index (χ2n) is 8.73. The first-order valence-corrected chi connectivity index (χ1v) is 12.5. The van der Waals surface area contributed by atoms with Crippen LogP contribution in [-0.4, -0.2) is 37.6 Å². The number of amides is 1. The third-order valence-corrected chi connectivity index (χ3v) is 6.55. The molecule has 1 amide bonds. The summed E-state index contributed by atoms with van der Waals surface area (Å²) < 4.78 is 0. The predicted molar refractivity (Wildman–Crippen MR) is 152 cm³/mol. The van der Waals surface area contributed by atoms with Crippen LogP contribution in [0.3, 0.4) is 0 Å². The van der Waals surface area contributed by atoms with Crippen LogP contribution in [0.2, 0.25) is 0 Å². The summed E-state index contributed by atoms with van der Waals surface area (Å²) >= 11 is 5.56. The maximum atomic E-state index is 12.1. The zero-order valence-electron chi connectivity index (χ0n) is 20.2. The molecule has 0 fully saturated rings. The van der Waals surface area contributed by atoms with Crippen LogP contribution >= 0.6 is 11.6 Å². The molecule has 0 saturated heterocycles. The molecule has 38 heavy (non-hydrogen) atoms. The van der Waals surface area contributed by atoms with E-state index >= 15 is 0 Å². The van der Waals surface area contributed by atoms with Crippen molar-refractivity contribution in [3.8, 4) is 0 Å². The minimum Gasteiger partial charge on any atom is -0.325 e. The Hall–Kier alpha value is -4.82. The van der Waals surface area contributed by atoms with Crippen LogP contribution in [-0.2, 0) is 11.2 Å². The summed E-state index contributed by atoms with van der Waals surface area (Å²) in [7, 11) is 0. The number of aromatic nitrogens is 5. The molecule has 0 saturated carbocycles. The molecule has 186 valence electrons. The number of carbonyl (C=O) groups is 1. The lowest BCUT2D eigenvalue weighted by Crippen LogP contribution is -2.22. The van der Waals surface area contributed by atoms with Gasteiger partial charge in [0, 0.05) is 34.3 Å². The van der Waals surface area contributed by atoms with Gasteiger partial charge in [0.05, 0.1) is 29.1 Å². The van der Waals surface area contributed by atoms with Crippen molar-refractivity contribution in [2.75, 3.05) is 16.8 Å². The van der Waals surface area contributed by atoms with Gasteiger partial charge in [-0.3, -0.25) is 9.89 Å². The Morgan fingerprint density at radius 2 is 1.74 bits per heavy atom. The largest absolute Gasteiger partial charge is 0.325 e. The quantitative estimate of drug-likeness (QED) is 0.246.